The fourth-order valence-electron chi connectivity index (χ4n) is 2.65. The van der Waals surface area contributed by atoms with Crippen LogP contribution in [0.3, 0.4) is 0 Å². The Morgan fingerprint density at radius 2 is 1.63 bits per heavy atom. The van der Waals surface area contributed by atoms with Gasteiger partial charge in [0.15, 0.2) is 6.10 Å². The van der Waals surface area contributed by atoms with Gasteiger partial charge in [0.2, 0.25) is 0 Å². The van der Waals surface area contributed by atoms with Crippen LogP contribution in [0, 0.1) is 0 Å². The monoisotopic (exact) mass is 362 g/mol. The number of hydrogen-bond acceptors (Lipinski definition) is 4. The minimum Gasteiger partial charge on any atom is -0.448 e. The second-order valence-corrected chi connectivity index (χ2v) is 6.70. The lowest BCUT2D eigenvalue weighted by Crippen LogP contribution is -2.30. The molecule has 0 saturated carbocycles. The van der Waals surface area contributed by atoms with Crippen molar-refractivity contribution in [3.63, 3.8) is 0 Å². The molecule has 0 radical (unpaired) electrons. The van der Waals surface area contributed by atoms with Crippen molar-refractivity contribution < 1.29 is 14.3 Å². The summed E-state index contributed by atoms with van der Waals surface area (Å²) in [5.74, 6) is -0.593. The molecule has 0 aliphatic heterocycles. The van der Waals surface area contributed by atoms with Gasteiger partial charge < -0.3 is 10.1 Å². The number of carbonyl (C=O) groups is 2. The number of carbonyl (C=O) groups excluding carboxylic acids is 2. The average Bonchev–Trinajstić information content (AvgIpc) is 2.67. The smallest absolute Gasteiger partial charge is 0.357 e. The molecule has 138 valence electrons. The van der Waals surface area contributed by atoms with E-state index in [2.05, 4.69) is 24.1 Å². The van der Waals surface area contributed by atoms with Crippen molar-refractivity contribution >= 4 is 28.5 Å². The van der Waals surface area contributed by atoms with Gasteiger partial charge in [-0.25, -0.2) is 9.78 Å². The number of hydrogen-bond donors (Lipinski definition) is 1. The van der Waals surface area contributed by atoms with E-state index in [0.717, 1.165) is 5.39 Å². The molecule has 0 fully saturated rings. The van der Waals surface area contributed by atoms with Crippen molar-refractivity contribution in [2.75, 3.05) is 5.32 Å². The molecule has 1 aromatic heterocycles. The van der Waals surface area contributed by atoms with Crippen LogP contribution in [0.2, 0.25) is 0 Å². The van der Waals surface area contributed by atoms with E-state index in [-0.39, 0.29) is 11.6 Å². The van der Waals surface area contributed by atoms with Gasteiger partial charge in [0, 0.05) is 11.1 Å². The molecule has 0 spiro atoms. The Labute approximate surface area is 158 Å². The Balaban J connectivity index is 1.63. The fraction of sp³-hybridized carbons (Fsp3) is 0.227. The molecule has 0 aliphatic rings. The molecule has 0 bridgehead atoms. The zero-order valence-electron chi connectivity index (χ0n) is 15.6. The number of ether oxygens (including phenoxy) is 1. The van der Waals surface area contributed by atoms with E-state index < -0.39 is 12.1 Å². The van der Waals surface area contributed by atoms with Gasteiger partial charge in [-0.15, -0.1) is 0 Å². The van der Waals surface area contributed by atoms with E-state index in [1.54, 1.807) is 12.1 Å². The summed E-state index contributed by atoms with van der Waals surface area (Å²) >= 11 is 0. The molecule has 1 heterocycles. The van der Waals surface area contributed by atoms with Crippen molar-refractivity contribution in [3.8, 4) is 0 Å². The second kappa shape index (κ2) is 7.99. The highest BCUT2D eigenvalue weighted by molar-refractivity contribution is 5.97. The molecule has 0 saturated heterocycles. The van der Waals surface area contributed by atoms with Crippen molar-refractivity contribution in [2.24, 2.45) is 0 Å². The Morgan fingerprint density at radius 1 is 0.926 bits per heavy atom. The molecule has 1 atom stereocenters. The van der Waals surface area contributed by atoms with E-state index in [1.165, 1.54) is 12.5 Å². The lowest BCUT2D eigenvalue weighted by Gasteiger charge is -2.14. The largest absolute Gasteiger partial charge is 0.448 e. The number of pyridine rings is 1. The predicted octanol–water partition coefficient (Wildman–Crippen LogP) is 4.54. The normalized spacial score (nSPS) is 12.0. The average molecular weight is 362 g/mol. The zero-order valence-corrected chi connectivity index (χ0v) is 15.6. The van der Waals surface area contributed by atoms with Gasteiger partial charge in [0.05, 0.1) is 5.52 Å². The first-order valence-electron chi connectivity index (χ1n) is 8.91. The maximum absolute atomic E-state index is 12.3. The number of nitrogens with one attached hydrogen (secondary N) is 1. The number of anilines is 1. The molecular formula is C22H22N2O3. The fourth-order valence-corrected chi connectivity index (χ4v) is 2.65. The lowest BCUT2D eigenvalue weighted by atomic mass is 10.0. The summed E-state index contributed by atoms with van der Waals surface area (Å²) in [4.78, 5) is 28.9. The van der Waals surface area contributed by atoms with E-state index in [4.69, 9.17) is 4.74 Å². The van der Waals surface area contributed by atoms with Crippen molar-refractivity contribution in [3.05, 3.63) is 71.9 Å². The summed E-state index contributed by atoms with van der Waals surface area (Å²) in [7, 11) is 0. The topological polar surface area (TPSA) is 68.3 Å². The molecule has 1 N–H and O–H groups in total. The second-order valence-electron chi connectivity index (χ2n) is 6.70. The van der Waals surface area contributed by atoms with E-state index in [9.17, 15) is 9.59 Å². The van der Waals surface area contributed by atoms with Crippen LogP contribution in [0.1, 0.15) is 42.7 Å². The molecule has 2 aromatic carbocycles. The predicted molar refractivity (Wildman–Crippen MR) is 106 cm³/mol. The van der Waals surface area contributed by atoms with Crippen LogP contribution in [0.15, 0.2) is 60.7 Å². The summed E-state index contributed by atoms with van der Waals surface area (Å²) in [6, 6.07) is 18.5. The number of benzene rings is 2. The highest BCUT2D eigenvalue weighted by atomic mass is 16.5. The van der Waals surface area contributed by atoms with Gasteiger partial charge in [0.25, 0.3) is 5.91 Å². The number of rotatable bonds is 5. The van der Waals surface area contributed by atoms with Crippen LogP contribution in [0.4, 0.5) is 5.69 Å². The first kappa shape index (κ1) is 18.6. The van der Waals surface area contributed by atoms with Crippen LogP contribution in [0.5, 0.6) is 0 Å². The number of amides is 1. The summed E-state index contributed by atoms with van der Waals surface area (Å²) in [6.07, 6.45) is -0.935. The lowest BCUT2D eigenvalue weighted by molar-refractivity contribution is -0.123. The third-order valence-corrected chi connectivity index (χ3v) is 4.31. The molecule has 0 aliphatic carbocycles. The summed E-state index contributed by atoms with van der Waals surface area (Å²) in [5, 5.41) is 3.69. The van der Waals surface area contributed by atoms with Gasteiger partial charge in [-0.3, -0.25) is 4.79 Å². The highest BCUT2D eigenvalue weighted by Gasteiger charge is 2.20. The highest BCUT2D eigenvalue weighted by Crippen LogP contribution is 2.18. The molecule has 0 unspecified atom stereocenters. The quantitative estimate of drug-likeness (QED) is 0.677. The third-order valence-electron chi connectivity index (χ3n) is 4.31. The molecule has 27 heavy (non-hydrogen) atoms. The number of esters is 1. The molecule has 5 heteroatoms. The summed E-state index contributed by atoms with van der Waals surface area (Å²) in [6.45, 7) is 5.75. The molecule has 1 amide bonds. The Hall–Kier alpha value is -3.21. The van der Waals surface area contributed by atoms with E-state index in [1.807, 2.05) is 48.5 Å². The van der Waals surface area contributed by atoms with Crippen molar-refractivity contribution in [1.82, 2.24) is 4.98 Å². The van der Waals surface area contributed by atoms with Crippen molar-refractivity contribution in [1.29, 1.82) is 0 Å². The van der Waals surface area contributed by atoms with Gasteiger partial charge in [0.1, 0.15) is 5.69 Å². The Morgan fingerprint density at radius 3 is 2.33 bits per heavy atom. The molecular weight excluding hydrogens is 340 g/mol. The van der Waals surface area contributed by atoms with E-state index in [0.29, 0.717) is 17.1 Å². The number of nitrogens with zero attached hydrogens (tertiary/aromatic N) is 1. The Kier molecular flexibility index (Phi) is 5.50. The SMILES string of the molecule is CC(C)c1ccc(NC(=O)[C@H](C)OC(=O)c2ccc3ccccc3n2)cc1. The minimum absolute atomic E-state index is 0.176. The van der Waals surface area contributed by atoms with Crippen LogP contribution in [-0.2, 0) is 9.53 Å². The molecule has 3 aromatic rings. The van der Waals surface area contributed by atoms with Gasteiger partial charge in [-0.05, 0) is 42.7 Å². The van der Waals surface area contributed by atoms with Gasteiger partial charge >= 0.3 is 5.97 Å². The first-order chi connectivity index (χ1) is 12.9. The third kappa shape index (κ3) is 4.50. The minimum atomic E-state index is -0.935. The van der Waals surface area contributed by atoms with Crippen LogP contribution in [0.25, 0.3) is 10.9 Å². The maximum atomic E-state index is 12.3. The van der Waals surface area contributed by atoms with Gasteiger partial charge in [-0.1, -0.05) is 50.2 Å². The number of para-hydroxylation sites is 1. The van der Waals surface area contributed by atoms with Crippen LogP contribution < -0.4 is 5.32 Å². The Bertz CT molecular complexity index is 965. The van der Waals surface area contributed by atoms with Crippen molar-refractivity contribution in [2.45, 2.75) is 32.8 Å². The van der Waals surface area contributed by atoms with E-state index >= 15 is 0 Å². The molecule has 5 nitrogen and oxygen atoms in total. The number of fused-ring (bicyclic) bond motifs is 1. The zero-order chi connectivity index (χ0) is 19.4. The number of aromatic nitrogens is 1. The maximum Gasteiger partial charge on any atom is 0.357 e. The van der Waals surface area contributed by atoms with Gasteiger partial charge in [-0.2, -0.15) is 0 Å². The molecule has 3 rings (SSSR count). The van der Waals surface area contributed by atoms with Crippen LogP contribution in [-0.4, -0.2) is 23.0 Å². The standard InChI is InChI=1S/C22H22N2O3/c1-14(2)16-8-11-18(12-9-16)23-21(25)15(3)27-22(26)20-13-10-17-6-4-5-7-19(17)24-20/h4-15H,1-3H3,(H,23,25)/t15-/m0/s1. The van der Waals surface area contributed by atoms with Crippen LogP contribution >= 0.6 is 0 Å². The summed E-state index contributed by atoms with van der Waals surface area (Å²) in [5.41, 5.74) is 2.73. The summed E-state index contributed by atoms with van der Waals surface area (Å²) < 4.78 is 5.27. The first-order valence-corrected chi connectivity index (χ1v) is 8.91.